The van der Waals surface area contributed by atoms with Gasteiger partial charge in [-0.15, -0.1) is 11.8 Å². The zero-order chi connectivity index (χ0) is 17.3. The van der Waals surface area contributed by atoms with Crippen LogP contribution in [0.15, 0.2) is 30.9 Å². The van der Waals surface area contributed by atoms with Gasteiger partial charge in [-0.25, -0.2) is 14.4 Å². The van der Waals surface area contributed by atoms with Gasteiger partial charge in [0.1, 0.15) is 18.5 Å². The monoisotopic (exact) mass is 356 g/mol. The van der Waals surface area contributed by atoms with E-state index in [1.165, 1.54) is 24.8 Å². The molecular weight excluding hydrogens is 342 g/mol. The Morgan fingerprint density at radius 3 is 2.46 bits per heavy atom. The number of benzene rings is 1. The largest absolute Gasteiger partial charge is 0.474 e. The zero-order valence-corrected chi connectivity index (χ0v) is 13.0. The Balaban J connectivity index is 1.89. The average molecular weight is 356 g/mol. The molecule has 0 saturated carbocycles. The summed E-state index contributed by atoms with van der Waals surface area (Å²) in [5.74, 6) is -2.64. The lowest BCUT2D eigenvalue weighted by molar-refractivity contribution is -0.0790. The first-order valence-electron chi connectivity index (χ1n) is 7.04. The summed E-state index contributed by atoms with van der Waals surface area (Å²) in [6.45, 7) is 0. The van der Waals surface area contributed by atoms with E-state index in [-0.39, 0.29) is 5.75 Å². The highest BCUT2D eigenvalue weighted by molar-refractivity contribution is 7.99. The molecule has 24 heavy (non-hydrogen) atoms. The first-order valence-corrected chi connectivity index (χ1v) is 8.09. The molecular formula is C15H14F2N2O4S. The topological polar surface area (TPSA) is 95.7 Å². The minimum Gasteiger partial charge on any atom is -0.474 e. The molecule has 1 aromatic carbocycles. The molecule has 0 unspecified atom stereocenters. The SMILES string of the molecule is O[C@@H]1[C@@H](O)[C@@H](Oc2cc(-c3cncnc3)cc(F)c2F)SC[C@H]1O. The van der Waals surface area contributed by atoms with E-state index in [1.54, 1.807) is 0 Å². The Bertz CT molecular complexity index is 722. The lowest BCUT2D eigenvalue weighted by atomic mass is 10.1. The van der Waals surface area contributed by atoms with Crippen LogP contribution >= 0.6 is 11.8 Å². The van der Waals surface area contributed by atoms with Gasteiger partial charge in [-0.3, -0.25) is 0 Å². The molecule has 128 valence electrons. The van der Waals surface area contributed by atoms with Crippen LogP contribution in [-0.2, 0) is 0 Å². The quantitative estimate of drug-likeness (QED) is 0.754. The smallest absolute Gasteiger partial charge is 0.200 e. The molecule has 3 rings (SSSR count). The van der Waals surface area contributed by atoms with Gasteiger partial charge in [0, 0.05) is 23.7 Å². The summed E-state index contributed by atoms with van der Waals surface area (Å²) in [7, 11) is 0. The van der Waals surface area contributed by atoms with Gasteiger partial charge < -0.3 is 20.1 Å². The van der Waals surface area contributed by atoms with Crippen molar-refractivity contribution in [2.75, 3.05) is 5.75 Å². The van der Waals surface area contributed by atoms with Gasteiger partial charge >= 0.3 is 0 Å². The molecule has 0 amide bonds. The third-order valence-corrected chi connectivity index (χ3v) is 4.82. The molecule has 1 aliphatic rings. The van der Waals surface area contributed by atoms with Crippen LogP contribution < -0.4 is 4.74 Å². The maximum atomic E-state index is 14.0. The molecule has 1 aliphatic heterocycles. The number of hydrogen-bond donors (Lipinski definition) is 3. The highest BCUT2D eigenvalue weighted by atomic mass is 32.2. The second-order valence-electron chi connectivity index (χ2n) is 5.27. The second-order valence-corrected chi connectivity index (χ2v) is 6.40. The van der Waals surface area contributed by atoms with Crippen molar-refractivity contribution in [3.63, 3.8) is 0 Å². The molecule has 2 aromatic rings. The number of nitrogens with zero attached hydrogens (tertiary/aromatic N) is 2. The summed E-state index contributed by atoms with van der Waals surface area (Å²) in [6.07, 6.45) is 0.211. The number of aliphatic hydroxyl groups is 3. The van der Waals surface area contributed by atoms with Gasteiger partial charge in [0.25, 0.3) is 0 Å². The first-order chi connectivity index (χ1) is 11.5. The minimum atomic E-state index is -1.44. The Labute approximate surface area is 140 Å². The number of aromatic nitrogens is 2. The molecule has 4 atom stereocenters. The van der Waals surface area contributed by atoms with Crippen molar-refractivity contribution in [3.05, 3.63) is 42.5 Å². The number of rotatable bonds is 3. The highest BCUT2D eigenvalue weighted by Gasteiger charge is 2.39. The number of hydrogen-bond acceptors (Lipinski definition) is 7. The predicted molar refractivity (Wildman–Crippen MR) is 82.3 cm³/mol. The van der Waals surface area contributed by atoms with Crippen LogP contribution in [-0.4, -0.2) is 54.8 Å². The third-order valence-electron chi connectivity index (χ3n) is 3.59. The van der Waals surface area contributed by atoms with Crippen LogP contribution in [0.3, 0.4) is 0 Å². The summed E-state index contributed by atoms with van der Waals surface area (Å²) in [5, 5.41) is 29.1. The van der Waals surface area contributed by atoms with Crippen molar-refractivity contribution in [2.45, 2.75) is 23.7 Å². The van der Waals surface area contributed by atoms with Crippen LogP contribution in [0.1, 0.15) is 0 Å². The van der Waals surface area contributed by atoms with Gasteiger partial charge in [-0.1, -0.05) is 0 Å². The van der Waals surface area contributed by atoms with Crippen molar-refractivity contribution < 1.29 is 28.8 Å². The molecule has 0 radical (unpaired) electrons. The molecule has 9 heteroatoms. The average Bonchev–Trinajstić information content (AvgIpc) is 2.59. The molecule has 1 fully saturated rings. The van der Waals surface area contributed by atoms with E-state index in [0.29, 0.717) is 11.1 Å². The molecule has 2 heterocycles. The maximum absolute atomic E-state index is 14.0. The van der Waals surface area contributed by atoms with Crippen molar-refractivity contribution in [1.82, 2.24) is 9.97 Å². The molecule has 1 saturated heterocycles. The Kier molecular flexibility index (Phi) is 4.95. The minimum absolute atomic E-state index is 0.0964. The van der Waals surface area contributed by atoms with Crippen molar-refractivity contribution in [3.8, 4) is 16.9 Å². The number of aliphatic hydroxyl groups excluding tert-OH is 3. The van der Waals surface area contributed by atoms with Gasteiger partial charge in [-0.05, 0) is 17.7 Å². The molecule has 1 aromatic heterocycles. The summed E-state index contributed by atoms with van der Waals surface area (Å²) in [6, 6.07) is 2.26. The molecule has 0 bridgehead atoms. The molecule has 0 aliphatic carbocycles. The van der Waals surface area contributed by atoms with E-state index in [4.69, 9.17) is 4.74 Å². The van der Waals surface area contributed by atoms with Crippen LogP contribution in [0.25, 0.3) is 11.1 Å². The highest BCUT2D eigenvalue weighted by Crippen LogP contribution is 2.33. The van der Waals surface area contributed by atoms with E-state index < -0.39 is 41.1 Å². The lowest BCUT2D eigenvalue weighted by Crippen LogP contribution is -2.50. The van der Waals surface area contributed by atoms with E-state index in [9.17, 15) is 24.1 Å². The van der Waals surface area contributed by atoms with Crippen LogP contribution in [0.5, 0.6) is 5.75 Å². The van der Waals surface area contributed by atoms with Gasteiger partial charge in [0.15, 0.2) is 17.0 Å². The van der Waals surface area contributed by atoms with Crippen LogP contribution in [0.2, 0.25) is 0 Å². The Morgan fingerprint density at radius 2 is 1.75 bits per heavy atom. The number of ether oxygens (including phenoxy) is 1. The summed E-state index contributed by atoms with van der Waals surface area (Å²) < 4.78 is 33.2. The second kappa shape index (κ2) is 6.98. The van der Waals surface area contributed by atoms with Gasteiger partial charge in [0.2, 0.25) is 5.82 Å². The maximum Gasteiger partial charge on any atom is 0.200 e. The van der Waals surface area contributed by atoms with Crippen LogP contribution in [0, 0.1) is 11.6 Å². The van der Waals surface area contributed by atoms with Crippen LogP contribution in [0.4, 0.5) is 8.78 Å². The fourth-order valence-corrected chi connectivity index (χ4v) is 3.39. The van der Waals surface area contributed by atoms with Crippen molar-refractivity contribution in [2.24, 2.45) is 0 Å². The summed E-state index contributed by atoms with van der Waals surface area (Å²) in [4.78, 5) is 7.63. The number of halogens is 2. The molecule has 0 spiro atoms. The first kappa shape index (κ1) is 17.0. The normalized spacial score (nSPS) is 27.0. The van der Waals surface area contributed by atoms with E-state index in [1.807, 2.05) is 0 Å². The third kappa shape index (κ3) is 3.34. The Hall–Kier alpha value is -1.81. The van der Waals surface area contributed by atoms with E-state index >= 15 is 0 Å². The lowest BCUT2D eigenvalue weighted by Gasteiger charge is -2.34. The Morgan fingerprint density at radius 1 is 1.04 bits per heavy atom. The standard InChI is InChI=1S/C15H14F2N2O4S/c16-9-1-7(8-3-18-6-19-4-8)2-11(12(9)17)23-15-14(22)13(21)10(20)5-24-15/h1-4,6,10,13-15,20-22H,5H2/t10-,13+,14-,15+/m1/s1. The molecule has 3 N–H and O–H groups in total. The summed E-state index contributed by atoms with van der Waals surface area (Å²) >= 11 is 0.998. The fraction of sp³-hybridized carbons (Fsp3) is 0.333. The van der Waals surface area contributed by atoms with Crippen molar-refractivity contribution >= 4 is 11.8 Å². The van der Waals surface area contributed by atoms with E-state index in [0.717, 1.165) is 17.8 Å². The zero-order valence-electron chi connectivity index (χ0n) is 12.2. The fourth-order valence-electron chi connectivity index (χ4n) is 2.27. The predicted octanol–water partition coefficient (Wildman–Crippen LogP) is 0.956. The number of thioether (sulfide) groups is 1. The van der Waals surface area contributed by atoms with E-state index in [2.05, 4.69) is 9.97 Å². The summed E-state index contributed by atoms with van der Waals surface area (Å²) in [5.41, 5.74) is -0.270. The molecule has 6 nitrogen and oxygen atoms in total. The van der Waals surface area contributed by atoms with Crippen molar-refractivity contribution in [1.29, 1.82) is 0 Å². The van der Waals surface area contributed by atoms with Gasteiger partial charge in [0.05, 0.1) is 6.10 Å². The van der Waals surface area contributed by atoms with Gasteiger partial charge in [-0.2, -0.15) is 4.39 Å².